The Morgan fingerprint density at radius 3 is 2.67 bits per heavy atom. The van der Waals surface area contributed by atoms with Gasteiger partial charge in [0.25, 0.3) is 5.91 Å². The van der Waals surface area contributed by atoms with Crippen LogP contribution in [-0.2, 0) is 0 Å². The zero-order chi connectivity index (χ0) is 19.0. The van der Waals surface area contributed by atoms with Crippen LogP contribution < -0.4 is 5.73 Å². The Morgan fingerprint density at radius 2 is 1.96 bits per heavy atom. The van der Waals surface area contributed by atoms with Crippen LogP contribution in [0.1, 0.15) is 60.5 Å². The first-order valence-electron chi connectivity index (χ1n) is 9.44. The molecule has 3 heterocycles. The number of anilines is 1. The molecule has 0 saturated carbocycles. The minimum absolute atomic E-state index is 0.0662. The number of nitrogens with two attached hydrogens (primary N) is 1. The van der Waals surface area contributed by atoms with E-state index in [1.54, 1.807) is 6.07 Å². The lowest BCUT2D eigenvalue weighted by molar-refractivity contribution is 0.0701. The van der Waals surface area contributed by atoms with Crippen LogP contribution in [0.4, 0.5) is 5.69 Å². The van der Waals surface area contributed by atoms with Crippen LogP contribution in [0, 0.1) is 0 Å². The molecule has 6 nitrogen and oxygen atoms in total. The van der Waals surface area contributed by atoms with E-state index < -0.39 is 0 Å². The lowest BCUT2D eigenvalue weighted by Crippen LogP contribution is -2.38. The Kier molecular flexibility index (Phi) is 4.56. The van der Waals surface area contributed by atoms with Crippen molar-refractivity contribution in [2.75, 3.05) is 18.8 Å². The molecule has 3 aromatic rings. The molecule has 4 rings (SSSR count). The molecule has 2 aromatic heterocycles. The molecule has 1 saturated heterocycles. The molecule has 27 heavy (non-hydrogen) atoms. The van der Waals surface area contributed by atoms with E-state index in [2.05, 4.69) is 5.16 Å². The lowest BCUT2D eigenvalue weighted by atomic mass is 9.91. The number of carbonyl (C=O) groups excluding carboxylic acids is 1. The van der Waals surface area contributed by atoms with Gasteiger partial charge in [0, 0.05) is 36.4 Å². The van der Waals surface area contributed by atoms with Crippen molar-refractivity contribution in [3.63, 3.8) is 0 Å². The van der Waals surface area contributed by atoms with Crippen LogP contribution in [0.15, 0.2) is 40.9 Å². The van der Waals surface area contributed by atoms with Gasteiger partial charge in [-0.05, 0) is 25.0 Å². The number of hydrogen-bond acceptors (Lipinski definition) is 5. The first kappa shape index (κ1) is 17.5. The molecule has 0 radical (unpaired) electrons. The van der Waals surface area contributed by atoms with E-state index in [-0.39, 0.29) is 17.7 Å². The first-order valence-corrected chi connectivity index (χ1v) is 9.44. The van der Waals surface area contributed by atoms with Crippen molar-refractivity contribution in [3.8, 4) is 0 Å². The third-order valence-electron chi connectivity index (χ3n) is 5.27. The molecular weight excluding hydrogens is 340 g/mol. The highest BCUT2D eigenvalue weighted by Gasteiger charge is 2.28. The van der Waals surface area contributed by atoms with Crippen molar-refractivity contribution in [2.24, 2.45) is 0 Å². The highest BCUT2D eigenvalue weighted by molar-refractivity contribution is 5.92. The summed E-state index contributed by atoms with van der Waals surface area (Å²) in [6.07, 6.45) is 1.69. The number of piperidine rings is 1. The molecule has 0 atom stereocenters. The van der Waals surface area contributed by atoms with Gasteiger partial charge >= 0.3 is 0 Å². The molecule has 0 aliphatic carbocycles. The van der Waals surface area contributed by atoms with Crippen molar-refractivity contribution in [1.82, 2.24) is 15.0 Å². The fourth-order valence-electron chi connectivity index (χ4n) is 3.65. The molecule has 0 spiro atoms. The van der Waals surface area contributed by atoms with Gasteiger partial charge in [-0.15, -0.1) is 0 Å². The molecule has 0 unspecified atom stereocenters. The normalized spacial score (nSPS) is 15.6. The van der Waals surface area contributed by atoms with Crippen LogP contribution in [0.5, 0.6) is 0 Å². The average Bonchev–Trinajstić information content (AvgIpc) is 3.17. The van der Waals surface area contributed by atoms with Crippen molar-refractivity contribution in [2.45, 2.75) is 38.5 Å². The number of likely N-dealkylation sites (tertiary alicyclic amines) is 1. The summed E-state index contributed by atoms with van der Waals surface area (Å²) in [5.74, 6) is 1.15. The standard InChI is InChI=1S/C21H24N4O2/c1-13(2)19-12-18(24-27-19)21(26)25-9-7-14(8-10-25)20-16(22)11-15-5-3-4-6-17(15)23-20/h3-6,11-14H,7-10,22H2,1-2H3. The van der Waals surface area contributed by atoms with Crippen LogP contribution in [0.2, 0.25) is 0 Å². The van der Waals surface area contributed by atoms with E-state index in [0.717, 1.165) is 40.9 Å². The predicted molar refractivity (Wildman–Crippen MR) is 105 cm³/mol. The topological polar surface area (TPSA) is 85.2 Å². The van der Waals surface area contributed by atoms with E-state index in [0.29, 0.717) is 18.8 Å². The van der Waals surface area contributed by atoms with Crippen molar-refractivity contribution >= 4 is 22.5 Å². The van der Waals surface area contributed by atoms with E-state index >= 15 is 0 Å². The minimum Gasteiger partial charge on any atom is -0.397 e. The minimum atomic E-state index is -0.0662. The summed E-state index contributed by atoms with van der Waals surface area (Å²) in [4.78, 5) is 19.3. The third-order valence-corrected chi connectivity index (χ3v) is 5.27. The number of hydrogen-bond donors (Lipinski definition) is 1. The molecule has 1 aliphatic rings. The largest absolute Gasteiger partial charge is 0.397 e. The number of carbonyl (C=O) groups is 1. The molecule has 0 bridgehead atoms. The number of fused-ring (bicyclic) bond motifs is 1. The lowest BCUT2D eigenvalue weighted by Gasteiger charge is -2.31. The quantitative estimate of drug-likeness (QED) is 0.760. The number of amides is 1. The van der Waals surface area contributed by atoms with Gasteiger partial charge in [-0.25, -0.2) is 0 Å². The number of rotatable bonds is 3. The number of aromatic nitrogens is 2. The van der Waals surface area contributed by atoms with E-state index in [9.17, 15) is 4.79 Å². The van der Waals surface area contributed by atoms with E-state index in [1.807, 2.05) is 49.1 Å². The molecule has 6 heteroatoms. The monoisotopic (exact) mass is 364 g/mol. The van der Waals surface area contributed by atoms with Gasteiger partial charge in [0.2, 0.25) is 0 Å². The number of nitrogens with zero attached hydrogens (tertiary/aromatic N) is 3. The van der Waals surface area contributed by atoms with E-state index in [1.165, 1.54) is 0 Å². The second kappa shape index (κ2) is 7.02. The SMILES string of the molecule is CC(C)c1cc(C(=O)N2CCC(c3nc4ccccc4cc3N)CC2)no1. The smallest absolute Gasteiger partial charge is 0.276 e. The highest BCUT2D eigenvalue weighted by Crippen LogP contribution is 2.32. The van der Waals surface area contributed by atoms with Crippen LogP contribution >= 0.6 is 0 Å². The molecule has 140 valence electrons. The number of pyridine rings is 1. The molecule has 1 fully saturated rings. The maximum Gasteiger partial charge on any atom is 0.276 e. The number of nitrogen functional groups attached to an aromatic ring is 1. The molecule has 1 aromatic carbocycles. The summed E-state index contributed by atoms with van der Waals surface area (Å²) in [5.41, 5.74) is 9.30. The molecular formula is C21H24N4O2. The van der Waals surface area contributed by atoms with Gasteiger partial charge in [-0.1, -0.05) is 37.2 Å². The fraction of sp³-hybridized carbons (Fsp3) is 0.381. The van der Waals surface area contributed by atoms with Gasteiger partial charge in [-0.3, -0.25) is 9.78 Å². The summed E-state index contributed by atoms with van der Waals surface area (Å²) in [7, 11) is 0. The maximum atomic E-state index is 12.7. The summed E-state index contributed by atoms with van der Waals surface area (Å²) < 4.78 is 5.26. The van der Waals surface area contributed by atoms with Gasteiger partial charge in [0.1, 0.15) is 5.76 Å². The first-order chi connectivity index (χ1) is 13.0. The zero-order valence-corrected chi connectivity index (χ0v) is 15.7. The summed E-state index contributed by atoms with van der Waals surface area (Å²) >= 11 is 0. The number of para-hydroxylation sites is 1. The maximum absolute atomic E-state index is 12.7. The molecule has 2 N–H and O–H groups in total. The number of benzene rings is 1. The average molecular weight is 364 g/mol. The summed E-state index contributed by atoms with van der Waals surface area (Å²) in [6.45, 7) is 5.37. The molecule has 1 amide bonds. The Morgan fingerprint density at radius 1 is 1.22 bits per heavy atom. The zero-order valence-electron chi connectivity index (χ0n) is 15.7. The van der Waals surface area contributed by atoms with Crippen LogP contribution in [0.3, 0.4) is 0 Å². The van der Waals surface area contributed by atoms with E-state index in [4.69, 9.17) is 15.2 Å². The fourth-order valence-corrected chi connectivity index (χ4v) is 3.65. The predicted octanol–water partition coefficient (Wildman–Crippen LogP) is 3.95. The third kappa shape index (κ3) is 3.39. The second-order valence-electron chi connectivity index (χ2n) is 7.49. The van der Waals surface area contributed by atoms with Crippen molar-refractivity contribution in [3.05, 3.63) is 53.5 Å². The second-order valence-corrected chi connectivity index (χ2v) is 7.49. The Balaban J connectivity index is 1.47. The van der Waals surface area contributed by atoms with Gasteiger partial charge in [-0.2, -0.15) is 0 Å². The van der Waals surface area contributed by atoms with Gasteiger partial charge in [0.15, 0.2) is 5.69 Å². The molecule has 1 aliphatic heterocycles. The summed E-state index contributed by atoms with van der Waals surface area (Å²) in [6, 6.07) is 11.8. The van der Waals surface area contributed by atoms with Crippen molar-refractivity contribution in [1.29, 1.82) is 0 Å². The van der Waals surface area contributed by atoms with Gasteiger partial charge in [0.05, 0.1) is 16.9 Å². The van der Waals surface area contributed by atoms with Crippen LogP contribution in [0.25, 0.3) is 10.9 Å². The highest BCUT2D eigenvalue weighted by atomic mass is 16.5. The Hall–Kier alpha value is -2.89. The Bertz CT molecular complexity index is 971. The van der Waals surface area contributed by atoms with Crippen molar-refractivity contribution < 1.29 is 9.32 Å². The summed E-state index contributed by atoms with van der Waals surface area (Å²) in [5, 5.41) is 4.99. The van der Waals surface area contributed by atoms with Gasteiger partial charge < -0.3 is 15.2 Å². The Labute approximate surface area is 158 Å². The van der Waals surface area contributed by atoms with Crippen LogP contribution in [-0.4, -0.2) is 34.0 Å².